The van der Waals surface area contributed by atoms with E-state index in [0.29, 0.717) is 16.4 Å². The molecule has 4 heterocycles. The van der Waals surface area contributed by atoms with Crippen molar-refractivity contribution in [3.63, 3.8) is 0 Å². The zero-order chi connectivity index (χ0) is 22.8. The predicted molar refractivity (Wildman–Crippen MR) is 129 cm³/mol. The van der Waals surface area contributed by atoms with Crippen LogP contribution in [0.25, 0.3) is 11.0 Å². The molecule has 4 aromatic rings. The number of fused-ring (bicyclic) bond motifs is 1. The Labute approximate surface area is 196 Å². The van der Waals surface area contributed by atoms with E-state index < -0.39 is 0 Å². The molecule has 0 saturated carbocycles. The Morgan fingerprint density at radius 1 is 1.06 bits per heavy atom. The summed E-state index contributed by atoms with van der Waals surface area (Å²) in [6.07, 6.45) is 5.06. The Balaban J connectivity index is 1.30. The number of hydrogen-bond donors (Lipinski definition) is 1. The van der Waals surface area contributed by atoms with E-state index in [9.17, 15) is 4.79 Å². The van der Waals surface area contributed by atoms with Gasteiger partial charge in [-0.2, -0.15) is 5.10 Å². The number of amides is 1. The molecule has 1 saturated heterocycles. The molecule has 1 aromatic carbocycles. The summed E-state index contributed by atoms with van der Waals surface area (Å²) in [5.41, 5.74) is 2.23. The first-order valence-electron chi connectivity index (χ1n) is 10.7. The smallest absolute Gasteiger partial charge is 0.246 e. The van der Waals surface area contributed by atoms with Crippen LogP contribution in [0, 0.1) is 6.92 Å². The average molecular weight is 463 g/mol. The van der Waals surface area contributed by atoms with Gasteiger partial charge in [-0.05, 0) is 36.8 Å². The fraction of sp³-hybridized carbons (Fsp3) is 0.261. The van der Waals surface area contributed by atoms with Gasteiger partial charge in [0.15, 0.2) is 5.65 Å². The molecular formula is C23H23ClN8O. The van der Waals surface area contributed by atoms with E-state index in [0.717, 1.165) is 48.8 Å². The normalized spacial score (nSPS) is 14.0. The second-order valence-electron chi connectivity index (χ2n) is 7.93. The number of rotatable bonds is 5. The largest absolute Gasteiger partial charge is 0.353 e. The number of benzene rings is 1. The topological polar surface area (TPSA) is 92.1 Å². The van der Waals surface area contributed by atoms with Gasteiger partial charge in [-0.15, -0.1) is 0 Å². The highest BCUT2D eigenvalue weighted by molar-refractivity contribution is 6.33. The lowest BCUT2D eigenvalue weighted by Crippen LogP contribution is -2.47. The van der Waals surface area contributed by atoms with E-state index in [2.05, 4.69) is 35.2 Å². The maximum atomic E-state index is 12.6. The number of aryl methyl sites for hydroxylation is 1. The minimum absolute atomic E-state index is 0.0254. The third kappa shape index (κ3) is 4.45. The molecule has 1 amide bonds. The van der Waals surface area contributed by atoms with Gasteiger partial charge in [0.05, 0.1) is 22.3 Å². The highest BCUT2D eigenvalue weighted by Gasteiger charge is 2.22. The Bertz CT molecular complexity index is 1280. The van der Waals surface area contributed by atoms with Crippen LogP contribution in [0.4, 0.5) is 17.3 Å². The van der Waals surface area contributed by atoms with Crippen molar-refractivity contribution in [1.82, 2.24) is 24.7 Å². The third-order valence-electron chi connectivity index (χ3n) is 5.66. The van der Waals surface area contributed by atoms with E-state index in [1.165, 1.54) is 6.33 Å². The van der Waals surface area contributed by atoms with Gasteiger partial charge in [0.2, 0.25) is 5.91 Å². The molecule has 5 rings (SSSR count). The summed E-state index contributed by atoms with van der Waals surface area (Å²) in [6.45, 7) is 5.27. The highest BCUT2D eigenvalue weighted by Crippen LogP contribution is 2.25. The molecule has 1 N–H and O–H groups in total. The molecule has 168 valence electrons. The Morgan fingerprint density at radius 3 is 2.64 bits per heavy atom. The van der Waals surface area contributed by atoms with Gasteiger partial charge in [0.1, 0.15) is 24.5 Å². The average Bonchev–Trinajstić information content (AvgIpc) is 3.24. The molecule has 1 aliphatic heterocycles. The lowest BCUT2D eigenvalue weighted by molar-refractivity contribution is -0.116. The van der Waals surface area contributed by atoms with Crippen LogP contribution in [0.2, 0.25) is 5.02 Å². The molecular weight excluding hydrogens is 440 g/mol. The van der Waals surface area contributed by atoms with Crippen molar-refractivity contribution in [1.29, 1.82) is 0 Å². The van der Waals surface area contributed by atoms with Gasteiger partial charge in [-0.1, -0.05) is 23.7 Å². The first-order valence-corrected chi connectivity index (χ1v) is 11.1. The lowest BCUT2D eigenvalue weighted by atomic mass is 10.2. The summed E-state index contributed by atoms with van der Waals surface area (Å²) in [7, 11) is 0. The number of nitrogens with zero attached hydrogens (tertiary/aromatic N) is 7. The van der Waals surface area contributed by atoms with Crippen LogP contribution in [0.15, 0.2) is 55.1 Å². The Morgan fingerprint density at radius 2 is 1.88 bits per heavy atom. The van der Waals surface area contributed by atoms with Crippen LogP contribution in [0.3, 0.4) is 0 Å². The monoisotopic (exact) mass is 462 g/mol. The van der Waals surface area contributed by atoms with Crippen molar-refractivity contribution in [2.45, 2.75) is 13.5 Å². The van der Waals surface area contributed by atoms with E-state index in [-0.39, 0.29) is 12.5 Å². The summed E-state index contributed by atoms with van der Waals surface area (Å²) < 4.78 is 1.59. The Hall–Kier alpha value is -3.72. The highest BCUT2D eigenvalue weighted by atomic mass is 35.5. The van der Waals surface area contributed by atoms with Gasteiger partial charge >= 0.3 is 0 Å². The molecule has 0 atom stereocenters. The predicted octanol–water partition coefficient (Wildman–Crippen LogP) is 3.15. The summed E-state index contributed by atoms with van der Waals surface area (Å²) in [5.74, 6) is 1.58. The first kappa shape index (κ1) is 21.1. The molecule has 0 radical (unpaired) electrons. The van der Waals surface area contributed by atoms with Gasteiger partial charge in [0, 0.05) is 32.4 Å². The number of carbonyl (C=O) groups is 1. The SMILES string of the molecule is Cc1ccc(NC(=O)Cn2ncc3c(N4CCN(c5ccccn5)CC4)ncnc32)c(Cl)c1. The molecule has 0 bridgehead atoms. The van der Waals surface area contributed by atoms with Gasteiger partial charge < -0.3 is 15.1 Å². The number of nitrogens with one attached hydrogen (secondary N) is 1. The number of aromatic nitrogens is 5. The molecule has 0 spiro atoms. The second-order valence-corrected chi connectivity index (χ2v) is 8.34. The Kier molecular flexibility index (Phi) is 5.78. The second kappa shape index (κ2) is 9.03. The van der Waals surface area contributed by atoms with Crippen LogP contribution >= 0.6 is 11.6 Å². The molecule has 0 aliphatic carbocycles. The quantitative estimate of drug-likeness (QED) is 0.487. The van der Waals surface area contributed by atoms with E-state index in [1.807, 2.05) is 43.5 Å². The van der Waals surface area contributed by atoms with E-state index in [1.54, 1.807) is 16.9 Å². The standard InChI is InChI=1S/C23H23ClN8O/c1-16-5-6-19(18(24)12-16)29-21(33)14-32-23-17(13-28-32)22(26-15-27-23)31-10-8-30(9-11-31)20-4-2-3-7-25-20/h2-7,12-13,15H,8-11,14H2,1H3,(H,29,33). The molecule has 9 nitrogen and oxygen atoms in total. The fourth-order valence-electron chi connectivity index (χ4n) is 3.98. The van der Waals surface area contributed by atoms with Gasteiger partial charge in [0.25, 0.3) is 0 Å². The molecule has 10 heteroatoms. The molecule has 3 aromatic heterocycles. The van der Waals surface area contributed by atoms with Crippen LogP contribution in [-0.2, 0) is 11.3 Å². The number of anilines is 3. The third-order valence-corrected chi connectivity index (χ3v) is 5.97. The number of hydrogen-bond acceptors (Lipinski definition) is 7. The minimum Gasteiger partial charge on any atom is -0.353 e. The van der Waals surface area contributed by atoms with Crippen molar-refractivity contribution in [2.24, 2.45) is 0 Å². The number of carbonyl (C=O) groups excluding carboxylic acids is 1. The van der Waals surface area contributed by atoms with Crippen LogP contribution in [0.5, 0.6) is 0 Å². The summed E-state index contributed by atoms with van der Waals surface area (Å²) in [5, 5.41) is 8.57. The number of pyridine rings is 1. The molecule has 1 fully saturated rings. The summed E-state index contributed by atoms with van der Waals surface area (Å²) in [4.78, 5) is 30.5. The van der Waals surface area contributed by atoms with Crippen molar-refractivity contribution < 1.29 is 4.79 Å². The lowest BCUT2D eigenvalue weighted by Gasteiger charge is -2.36. The molecule has 33 heavy (non-hydrogen) atoms. The zero-order valence-corrected chi connectivity index (χ0v) is 18.9. The van der Waals surface area contributed by atoms with Crippen LogP contribution < -0.4 is 15.1 Å². The van der Waals surface area contributed by atoms with Crippen molar-refractivity contribution >= 4 is 45.9 Å². The summed E-state index contributed by atoms with van der Waals surface area (Å²) in [6, 6.07) is 11.5. The van der Waals surface area contributed by atoms with E-state index in [4.69, 9.17) is 11.6 Å². The van der Waals surface area contributed by atoms with Crippen LogP contribution in [0.1, 0.15) is 5.56 Å². The summed E-state index contributed by atoms with van der Waals surface area (Å²) >= 11 is 6.24. The number of halogens is 1. The van der Waals surface area contributed by atoms with Crippen molar-refractivity contribution in [3.05, 3.63) is 65.7 Å². The number of piperazine rings is 1. The van der Waals surface area contributed by atoms with Gasteiger partial charge in [-0.25, -0.2) is 19.6 Å². The maximum Gasteiger partial charge on any atom is 0.246 e. The van der Waals surface area contributed by atoms with E-state index >= 15 is 0 Å². The zero-order valence-electron chi connectivity index (χ0n) is 18.1. The van der Waals surface area contributed by atoms with Crippen molar-refractivity contribution in [2.75, 3.05) is 41.3 Å². The van der Waals surface area contributed by atoms with Gasteiger partial charge in [-0.3, -0.25) is 4.79 Å². The van der Waals surface area contributed by atoms with Crippen molar-refractivity contribution in [3.8, 4) is 0 Å². The molecule has 0 unspecified atom stereocenters. The fourth-order valence-corrected chi connectivity index (χ4v) is 4.27. The van der Waals surface area contributed by atoms with Crippen LogP contribution in [-0.4, -0.2) is 56.8 Å². The minimum atomic E-state index is -0.227. The first-order chi connectivity index (χ1) is 16.1. The molecule has 1 aliphatic rings. The maximum absolute atomic E-state index is 12.6.